The highest BCUT2D eigenvalue weighted by Gasteiger charge is 2.26. The molecule has 0 amide bonds. The maximum absolute atomic E-state index is 12.8. The average Bonchev–Trinajstić information content (AvgIpc) is 2.70. The van der Waals surface area contributed by atoms with Gasteiger partial charge < -0.3 is 18.9 Å². The minimum Gasteiger partial charge on any atom is -0.497 e. The Hall–Kier alpha value is -3.02. The average molecular weight is 372 g/mol. The lowest BCUT2D eigenvalue weighted by atomic mass is 9.90. The van der Waals surface area contributed by atoms with Gasteiger partial charge in [0, 0.05) is 18.1 Å². The van der Waals surface area contributed by atoms with Crippen molar-refractivity contribution in [3.63, 3.8) is 0 Å². The molecule has 0 heterocycles. The molecule has 2 aromatic rings. The van der Waals surface area contributed by atoms with Gasteiger partial charge in [-0.15, -0.1) is 0 Å². The molecule has 2 rings (SSSR count). The Morgan fingerprint density at radius 1 is 0.889 bits per heavy atom. The van der Waals surface area contributed by atoms with E-state index in [9.17, 15) is 9.59 Å². The minimum atomic E-state index is -0.770. The van der Waals surface area contributed by atoms with Crippen molar-refractivity contribution < 1.29 is 28.5 Å². The first-order chi connectivity index (χ1) is 12.9. The van der Waals surface area contributed by atoms with E-state index < -0.39 is 11.9 Å². The third-order valence-electron chi connectivity index (χ3n) is 4.37. The molecule has 0 spiro atoms. The highest BCUT2D eigenvalue weighted by atomic mass is 16.5. The number of aryl methyl sites for hydroxylation is 1. The fourth-order valence-corrected chi connectivity index (χ4v) is 2.87. The molecule has 0 bridgehead atoms. The van der Waals surface area contributed by atoms with Crippen LogP contribution in [0.5, 0.6) is 17.2 Å². The Morgan fingerprint density at radius 2 is 1.52 bits per heavy atom. The quantitative estimate of drug-likeness (QED) is 0.521. The number of benzene rings is 2. The number of rotatable bonds is 8. The van der Waals surface area contributed by atoms with Gasteiger partial charge in [-0.2, -0.15) is 0 Å². The van der Waals surface area contributed by atoms with Crippen LogP contribution in [0.25, 0.3) is 0 Å². The van der Waals surface area contributed by atoms with E-state index in [0.717, 1.165) is 5.56 Å². The molecular weight excluding hydrogens is 348 g/mol. The lowest BCUT2D eigenvalue weighted by molar-refractivity contribution is -0.142. The first-order valence-corrected chi connectivity index (χ1v) is 8.42. The van der Waals surface area contributed by atoms with E-state index in [1.807, 2.05) is 6.92 Å². The molecule has 0 fully saturated rings. The van der Waals surface area contributed by atoms with Crippen molar-refractivity contribution in [1.82, 2.24) is 0 Å². The van der Waals surface area contributed by atoms with E-state index in [0.29, 0.717) is 28.4 Å². The van der Waals surface area contributed by atoms with Crippen LogP contribution in [0.1, 0.15) is 33.8 Å². The molecular formula is C21H24O6. The standard InChI is InChI=1S/C21H24O6/c1-13-8-14(6-7-20(13)26-4)19(22)12-18(21(23)27-5)15-9-16(24-2)11-17(10-15)25-3/h6-11,18H,12H2,1-5H3. The molecule has 144 valence electrons. The molecule has 0 saturated heterocycles. The lowest BCUT2D eigenvalue weighted by Gasteiger charge is -2.17. The SMILES string of the molecule is COC(=O)C(CC(=O)c1ccc(OC)c(C)c1)c1cc(OC)cc(OC)c1. The molecule has 0 aromatic heterocycles. The summed E-state index contributed by atoms with van der Waals surface area (Å²) in [6.45, 7) is 1.86. The Morgan fingerprint density at radius 3 is 2.00 bits per heavy atom. The van der Waals surface area contributed by atoms with Gasteiger partial charge in [-0.05, 0) is 48.4 Å². The molecule has 0 N–H and O–H groups in total. The van der Waals surface area contributed by atoms with Gasteiger partial charge in [0.25, 0.3) is 0 Å². The smallest absolute Gasteiger partial charge is 0.313 e. The van der Waals surface area contributed by atoms with Crippen molar-refractivity contribution >= 4 is 11.8 Å². The van der Waals surface area contributed by atoms with Crippen LogP contribution in [-0.2, 0) is 9.53 Å². The summed E-state index contributed by atoms with van der Waals surface area (Å²) in [7, 11) is 5.93. The van der Waals surface area contributed by atoms with Crippen LogP contribution < -0.4 is 14.2 Å². The summed E-state index contributed by atoms with van der Waals surface area (Å²) in [4.78, 5) is 25.2. The van der Waals surface area contributed by atoms with E-state index in [1.165, 1.54) is 21.3 Å². The third-order valence-corrected chi connectivity index (χ3v) is 4.37. The predicted octanol–water partition coefficient (Wildman–Crippen LogP) is 3.55. The van der Waals surface area contributed by atoms with E-state index in [1.54, 1.807) is 43.5 Å². The topological polar surface area (TPSA) is 71.1 Å². The van der Waals surface area contributed by atoms with Crippen LogP contribution in [0, 0.1) is 6.92 Å². The first-order valence-electron chi connectivity index (χ1n) is 8.42. The fourth-order valence-electron chi connectivity index (χ4n) is 2.87. The summed E-state index contributed by atoms with van der Waals surface area (Å²) >= 11 is 0. The normalized spacial score (nSPS) is 11.4. The van der Waals surface area contributed by atoms with Crippen LogP contribution >= 0.6 is 0 Å². The zero-order valence-electron chi connectivity index (χ0n) is 16.2. The summed E-state index contributed by atoms with van der Waals surface area (Å²) < 4.78 is 20.7. The number of carbonyl (C=O) groups is 2. The maximum Gasteiger partial charge on any atom is 0.313 e. The van der Waals surface area contributed by atoms with Crippen molar-refractivity contribution in [2.75, 3.05) is 28.4 Å². The second-order valence-electron chi connectivity index (χ2n) is 6.03. The van der Waals surface area contributed by atoms with E-state index in [2.05, 4.69) is 0 Å². The van der Waals surface area contributed by atoms with Crippen molar-refractivity contribution in [1.29, 1.82) is 0 Å². The van der Waals surface area contributed by atoms with Crippen molar-refractivity contribution in [2.45, 2.75) is 19.3 Å². The largest absolute Gasteiger partial charge is 0.497 e. The summed E-state index contributed by atoms with van der Waals surface area (Å²) in [6.07, 6.45) is -0.0330. The molecule has 0 aliphatic rings. The van der Waals surface area contributed by atoms with Crippen molar-refractivity contribution in [3.05, 3.63) is 53.1 Å². The summed E-state index contributed by atoms with van der Waals surface area (Å²) in [5, 5.41) is 0. The van der Waals surface area contributed by atoms with Crippen LogP contribution in [-0.4, -0.2) is 40.2 Å². The van der Waals surface area contributed by atoms with Gasteiger partial charge in [-0.1, -0.05) is 0 Å². The number of ether oxygens (including phenoxy) is 4. The van der Waals surface area contributed by atoms with Gasteiger partial charge in [0.05, 0.1) is 34.4 Å². The molecule has 1 unspecified atom stereocenters. The molecule has 0 radical (unpaired) electrons. The Balaban J connectivity index is 2.36. The van der Waals surface area contributed by atoms with Crippen LogP contribution in [0.15, 0.2) is 36.4 Å². The van der Waals surface area contributed by atoms with Gasteiger partial charge in [0.2, 0.25) is 0 Å². The molecule has 0 aliphatic heterocycles. The van der Waals surface area contributed by atoms with Gasteiger partial charge in [-0.25, -0.2) is 0 Å². The zero-order chi connectivity index (χ0) is 20.0. The number of hydrogen-bond acceptors (Lipinski definition) is 6. The third kappa shape index (κ3) is 4.78. The second kappa shape index (κ2) is 9.07. The van der Waals surface area contributed by atoms with Crippen LogP contribution in [0.4, 0.5) is 0 Å². The molecule has 0 aliphatic carbocycles. The number of Topliss-reactive ketones (excluding diaryl/α,β-unsaturated/α-hetero) is 1. The van der Waals surface area contributed by atoms with E-state index in [4.69, 9.17) is 18.9 Å². The predicted molar refractivity (Wildman–Crippen MR) is 101 cm³/mol. The molecule has 0 saturated carbocycles. The molecule has 27 heavy (non-hydrogen) atoms. The Kier molecular flexibility index (Phi) is 6.82. The monoisotopic (exact) mass is 372 g/mol. The van der Waals surface area contributed by atoms with Gasteiger partial charge in [0.15, 0.2) is 5.78 Å². The number of hydrogen-bond donors (Lipinski definition) is 0. The lowest BCUT2D eigenvalue weighted by Crippen LogP contribution is -2.18. The zero-order valence-corrected chi connectivity index (χ0v) is 16.2. The number of carbonyl (C=O) groups excluding carboxylic acids is 2. The Labute approximate surface area is 159 Å². The van der Waals surface area contributed by atoms with Crippen LogP contribution in [0.3, 0.4) is 0 Å². The fraction of sp³-hybridized carbons (Fsp3) is 0.333. The number of ketones is 1. The molecule has 6 heteroatoms. The molecule has 6 nitrogen and oxygen atoms in total. The van der Waals surface area contributed by atoms with Crippen molar-refractivity contribution in [3.8, 4) is 17.2 Å². The maximum atomic E-state index is 12.8. The summed E-state index contributed by atoms with van der Waals surface area (Å²) in [5.41, 5.74) is 1.95. The minimum absolute atomic E-state index is 0.0330. The Bertz CT molecular complexity index is 805. The van der Waals surface area contributed by atoms with E-state index in [-0.39, 0.29) is 12.2 Å². The highest BCUT2D eigenvalue weighted by molar-refractivity contribution is 5.99. The van der Waals surface area contributed by atoms with Gasteiger partial charge in [-0.3, -0.25) is 9.59 Å². The first kappa shape index (κ1) is 20.3. The molecule has 1 atom stereocenters. The van der Waals surface area contributed by atoms with Crippen LogP contribution in [0.2, 0.25) is 0 Å². The summed E-state index contributed by atoms with van der Waals surface area (Å²) in [6, 6.07) is 10.3. The molecule has 2 aromatic carbocycles. The van der Waals surface area contributed by atoms with Gasteiger partial charge in [0.1, 0.15) is 17.2 Å². The van der Waals surface area contributed by atoms with Gasteiger partial charge >= 0.3 is 5.97 Å². The summed E-state index contributed by atoms with van der Waals surface area (Å²) in [5.74, 6) is 0.335. The number of methoxy groups -OCH3 is 4. The highest BCUT2D eigenvalue weighted by Crippen LogP contribution is 2.31. The second-order valence-corrected chi connectivity index (χ2v) is 6.03. The van der Waals surface area contributed by atoms with E-state index >= 15 is 0 Å². The van der Waals surface area contributed by atoms with Crippen molar-refractivity contribution in [2.24, 2.45) is 0 Å². The number of esters is 1.